The fraction of sp³-hybridized carbons (Fsp3) is 0.522. The average Bonchev–Trinajstić information content (AvgIpc) is 2.80. The Balaban J connectivity index is 0.00000115. The molecule has 11 nitrogen and oxygen atoms in total. The third-order valence-corrected chi connectivity index (χ3v) is 5.66. The minimum absolute atomic E-state index is 0.152. The third kappa shape index (κ3) is 6.66. The fourth-order valence-electron chi connectivity index (χ4n) is 4.24. The molecule has 2 aliphatic heterocycles. The highest BCUT2D eigenvalue weighted by Gasteiger charge is 2.44. The molecule has 2 fully saturated rings. The van der Waals surface area contributed by atoms with E-state index in [9.17, 15) is 9.18 Å². The van der Waals surface area contributed by atoms with Crippen molar-refractivity contribution in [3.63, 3.8) is 0 Å². The van der Waals surface area contributed by atoms with Gasteiger partial charge < -0.3 is 24.3 Å². The number of ether oxygens (including phenoxy) is 4. The van der Waals surface area contributed by atoms with Crippen LogP contribution in [0.5, 0.6) is 11.6 Å². The molecule has 4 rings (SSSR count). The number of amides is 1. The molecule has 2 unspecified atom stereocenters. The maximum Gasteiger partial charge on any atom is 0.410 e. The lowest BCUT2D eigenvalue weighted by Crippen LogP contribution is -2.61. The number of carbonyl (C=O) groups excluding carboxylic acids is 1. The van der Waals surface area contributed by atoms with Crippen molar-refractivity contribution in [2.45, 2.75) is 57.9 Å². The number of piperidine rings is 1. The van der Waals surface area contributed by atoms with Gasteiger partial charge in [0.05, 0.1) is 44.2 Å². The van der Waals surface area contributed by atoms with E-state index in [1.54, 1.807) is 17.0 Å². The lowest BCUT2D eigenvalue weighted by molar-refractivity contribution is -0.0935. The number of methoxy groups -OCH3 is 1. The smallest absolute Gasteiger partial charge is 0.410 e. The molecular weight excluding hydrogens is 495 g/mol. The van der Waals surface area contributed by atoms with Gasteiger partial charge in [-0.1, -0.05) is 6.07 Å². The van der Waals surface area contributed by atoms with Crippen molar-refractivity contribution in [2.75, 3.05) is 25.6 Å². The Kier molecular flexibility index (Phi) is 9.53. The Labute approximate surface area is 211 Å². The molecule has 0 aliphatic carbocycles. The van der Waals surface area contributed by atoms with Gasteiger partial charge >= 0.3 is 17.7 Å². The lowest BCUT2D eigenvalue weighted by atomic mass is 9.92. The van der Waals surface area contributed by atoms with E-state index in [-0.39, 0.29) is 47.7 Å². The lowest BCUT2D eigenvalue weighted by Gasteiger charge is -2.47. The monoisotopic (exact) mass is 524 g/mol. The second-order valence-corrected chi connectivity index (χ2v) is 8.77. The van der Waals surface area contributed by atoms with Crippen LogP contribution in [0.4, 0.5) is 20.7 Å². The van der Waals surface area contributed by atoms with Crippen LogP contribution in [-0.4, -0.2) is 74.0 Å². The van der Waals surface area contributed by atoms with Crippen molar-refractivity contribution >= 4 is 29.2 Å². The Hall–Kier alpha value is -3.32. The van der Waals surface area contributed by atoms with Gasteiger partial charge in [-0.05, 0) is 38.5 Å². The molecular formula is C23H29FN4O7S. The minimum atomic E-state index is -0.750. The molecule has 196 valence electrons. The van der Waals surface area contributed by atoms with Crippen molar-refractivity contribution in [3.8, 4) is 11.6 Å². The number of benzene rings is 1. The molecule has 1 aromatic carbocycles. The van der Waals surface area contributed by atoms with Gasteiger partial charge in [0.2, 0.25) is 5.75 Å². The van der Waals surface area contributed by atoms with Crippen LogP contribution in [0.2, 0.25) is 0 Å². The zero-order chi connectivity index (χ0) is 26.2. The van der Waals surface area contributed by atoms with Gasteiger partial charge in [0, 0.05) is 12.8 Å². The van der Waals surface area contributed by atoms with Crippen LogP contribution in [0, 0.1) is 12.7 Å². The van der Waals surface area contributed by atoms with Crippen LogP contribution in [0.25, 0.3) is 0 Å². The third-order valence-electron chi connectivity index (χ3n) is 5.66. The molecule has 0 spiro atoms. The van der Waals surface area contributed by atoms with Crippen LogP contribution < -0.4 is 14.8 Å². The molecule has 2 saturated heterocycles. The highest BCUT2D eigenvalue weighted by Crippen LogP contribution is 2.37. The summed E-state index contributed by atoms with van der Waals surface area (Å²) in [6.07, 6.45) is 1.74. The summed E-state index contributed by atoms with van der Waals surface area (Å²) >= 11 is -0.750. The number of aryl methyl sites for hydroxylation is 1. The summed E-state index contributed by atoms with van der Waals surface area (Å²) in [4.78, 5) is 22.8. The van der Waals surface area contributed by atoms with Crippen molar-refractivity contribution in [1.29, 1.82) is 0 Å². The summed E-state index contributed by atoms with van der Waals surface area (Å²) < 4.78 is 53.7. The Morgan fingerprint density at radius 2 is 1.89 bits per heavy atom. The summed E-state index contributed by atoms with van der Waals surface area (Å²) in [6.45, 7) is 6.32. The topological polar surface area (TPSA) is 129 Å². The first-order valence-corrected chi connectivity index (χ1v) is 12.0. The van der Waals surface area contributed by atoms with E-state index in [2.05, 4.69) is 15.3 Å². The van der Waals surface area contributed by atoms with E-state index < -0.39 is 17.4 Å². The van der Waals surface area contributed by atoms with Crippen molar-refractivity contribution in [3.05, 3.63) is 35.9 Å². The molecule has 0 saturated carbocycles. The number of fused-ring (bicyclic) bond motifs is 2. The molecule has 1 amide bonds. The zero-order valence-corrected chi connectivity index (χ0v) is 21.2. The minimum Gasteiger partial charge on any atom is -0.489 e. The van der Waals surface area contributed by atoms with E-state index in [1.807, 2.05) is 20.8 Å². The van der Waals surface area contributed by atoms with Crippen LogP contribution in [-0.2, 0) is 21.0 Å². The molecule has 1 aromatic heterocycles. The first-order valence-electron chi connectivity index (χ1n) is 11.3. The van der Waals surface area contributed by atoms with Crippen molar-refractivity contribution < 1.29 is 36.6 Å². The molecule has 0 radical (unpaired) electrons. The van der Waals surface area contributed by atoms with Gasteiger partial charge in [0.1, 0.15) is 18.2 Å². The summed E-state index contributed by atoms with van der Waals surface area (Å²) in [5.41, 5.74) is 1.09. The summed E-state index contributed by atoms with van der Waals surface area (Å²) in [6, 6.07) is 4.57. The molecule has 3 heterocycles. The van der Waals surface area contributed by atoms with E-state index in [4.69, 9.17) is 27.4 Å². The number of halogens is 1. The van der Waals surface area contributed by atoms with E-state index in [0.29, 0.717) is 31.9 Å². The molecule has 1 N–H and O–H groups in total. The fourth-order valence-corrected chi connectivity index (χ4v) is 4.24. The van der Waals surface area contributed by atoms with Crippen LogP contribution in [0.3, 0.4) is 0 Å². The summed E-state index contributed by atoms with van der Waals surface area (Å²) in [5.74, 6) is 0.434. The average molecular weight is 525 g/mol. The SMILES string of the molecule is COc1c(Nc2ccc(C)cc2F)ncnc1OC1CC2COCC(C1)N2C(=O)OC(C)C.O=S=O. The zero-order valence-electron chi connectivity index (χ0n) is 20.4. The standard InChI is InChI=1S/C23H29FN4O5.O2S/c1-13(2)32-23(29)28-15-8-17(9-16(28)11-31-10-15)33-22-20(30-4)21(25-12-26-22)27-19-6-5-14(3)7-18(19)24;1-3-2/h5-7,12-13,15-17H,8-11H2,1-4H3,(H,25,26,27);. The second-order valence-electron chi connectivity index (χ2n) is 8.63. The molecule has 2 bridgehead atoms. The predicted molar refractivity (Wildman–Crippen MR) is 127 cm³/mol. The summed E-state index contributed by atoms with van der Waals surface area (Å²) in [5, 5.41) is 2.96. The number of morpholine rings is 1. The maximum atomic E-state index is 14.3. The molecule has 2 atom stereocenters. The van der Waals surface area contributed by atoms with Gasteiger partial charge in [-0.25, -0.2) is 14.2 Å². The highest BCUT2D eigenvalue weighted by molar-refractivity contribution is 7.51. The first kappa shape index (κ1) is 27.3. The normalized spacial score (nSPS) is 20.6. The largest absolute Gasteiger partial charge is 0.489 e. The number of anilines is 2. The van der Waals surface area contributed by atoms with Gasteiger partial charge in [0.15, 0.2) is 5.82 Å². The number of nitrogens with one attached hydrogen (secondary N) is 1. The van der Waals surface area contributed by atoms with E-state index in [1.165, 1.54) is 19.5 Å². The van der Waals surface area contributed by atoms with E-state index in [0.717, 1.165) is 5.56 Å². The first-order chi connectivity index (χ1) is 17.3. The van der Waals surface area contributed by atoms with Crippen LogP contribution in [0.1, 0.15) is 32.3 Å². The molecule has 2 aliphatic rings. The Bertz CT molecular complexity index is 1090. The van der Waals surface area contributed by atoms with Gasteiger partial charge in [0.25, 0.3) is 5.88 Å². The predicted octanol–water partition coefficient (Wildman–Crippen LogP) is 3.16. The van der Waals surface area contributed by atoms with Crippen molar-refractivity contribution in [1.82, 2.24) is 14.9 Å². The molecule has 13 heteroatoms. The molecule has 36 heavy (non-hydrogen) atoms. The number of aromatic nitrogens is 2. The van der Waals surface area contributed by atoms with Crippen LogP contribution in [0.15, 0.2) is 24.5 Å². The van der Waals surface area contributed by atoms with Gasteiger partial charge in [-0.2, -0.15) is 13.4 Å². The highest BCUT2D eigenvalue weighted by atomic mass is 32.1. The Morgan fingerprint density at radius 1 is 1.22 bits per heavy atom. The number of hydrogen-bond donors (Lipinski definition) is 1. The Morgan fingerprint density at radius 3 is 2.47 bits per heavy atom. The maximum absolute atomic E-state index is 14.3. The second kappa shape index (κ2) is 12.6. The molecule has 2 aromatic rings. The number of rotatable bonds is 6. The van der Waals surface area contributed by atoms with Gasteiger partial charge in [-0.3, -0.25) is 4.90 Å². The summed E-state index contributed by atoms with van der Waals surface area (Å²) in [7, 11) is 1.48. The van der Waals surface area contributed by atoms with Gasteiger partial charge in [-0.15, -0.1) is 0 Å². The quantitative estimate of drug-likeness (QED) is 0.601. The van der Waals surface area contributed by atoms with Crippen LogP contribution >= 0.6 is 0 Å². The number of carbonyl (C=O) groups is 1. The number of hydrogen-bond acceptors (Lipinski definition) is 10. The van der Waals surface area contributed by atoms with E-state index >= 15 is 0 Å². The number of nitrogens with zero attached hydrogens (tertiary/aromatic N) is 3. The van der Waals surface area contributed by atoms with Crippen molar-refractivity contribution in [2.24, 2.45) is 0 Å².